The third-order valence-corrected chi connectivity index (χ3v) is 3.70. The normalized spacial score (nSPS) is 10.6. The Morgan fingerprint density at radius 2 is 1.74 bits per heavy atom. The van der Waals surface area contributed by atoms with E-state index in [1.54, 1.807) is 10.7 Å². The van der Waals surface area contributed by atoms with E-state index in [1.807, 2.05) is 69.3 Å². The SMILES string of the molecule is Cc1cccc(OC(=O)c2c(C)nn(-c3ccccc3)c2C)c1. The number of rotatable bonds is 3. The minimum absolute atomic E-state index is 0.382. The molecule has 3 aromatic rings. The average molecular weight is 306 g/mol. The molecule has 0 fully saturated rings. The van der Waals surface area contributed by atoms with Crippen molar-refractivity contribution in [2.24, 2.45) is 0 Å². The van der Waals surface area contributed by atoms with Gasteiger partial charge in [-0.25, -0.2) is 9.48 Å². The molecule has 0 radical (unpaired) electrons. The Labute approximate surface area is 135 Å². The number of hydrogen-bond donors (Lipinski definition) is 0. The van der Waals surface area contributed by atoms with Gasteiger partial charge in [-0.2, -0.15) is 5.10 Å². The first-order chi connectivity index (χ1) is 11.1. The number of nitrogens with zero attached hydrogens (tertiary/aromatic N) is 2. The Morgan fingerprint density at radius 1 is 1.00 bits per heavy atom. The van der Waals surface area contributed by atoms with E-state index in [9.17, 15) is 4.79 Å². The van der Waals surface area contributed by atoms with Gasteiger partial charge in [0.1, 0.15) is 11.3 Å². The van der Waals surface area contributed by atoms with E-state index in [0.717, 1.165) is 16.9 Å². The van der Waals surface area contributed by atoms with Crippen molar-refractivity contribution in [1.82, 2.24) is 9.78 Å². The van der Waals surface area contributed by atoms with Gasteiger partial charge in [0.25, 0.3) is 0 Å². The summed E-state index contributed by atoms with van der Waals surface area (Å²) in [6, 6.07) is 17.2. The lowest BCUT2D eigenvalue weighted by Gasteiger charge is -2.06. The highest BCUT2D eigenvalue weighted by atomic mass is 16.5. The second-order valence-corrected chi connectivity index (χ2v) is 5.50. The Kier molecular flexibility index (Phi) is 3.98. The second kappa shape index (κ2) is 6.08. The summed E-state index contributed by atoms with van der Waals surface area (Å²) in [6.07, 6.45) is 0. The summed E-state index contributed by atoms with van der Waals surface area (Å²) >= 11 is 0. The van der Waals surface area contributed by atoms with E-state index in [1.165, 1.54) is 0 Å². The fourth-order valence-corrected chi connectivity index (χ4v) is 2.60. The van der Waals surface area contributed by atoms with Crippen molar-refractivity contribution < 1.29 is 9.53 Å². The molecule has 0 N–H and O–H groups in total. The number of carbonyl (C=O) groups is 1. The summed E-state index contributed by atoms with van der Waals surface area (Å²) < 4.78 is 7.27. The lowest BCUT2D eigenvalue weighted by atomic mass is 10.2. The Hall–Kier alpha value is -2.88. The molecular weight excluding hydrogens is 288 g/mol. The maximum Gasteiger partial charge on any atom is 0.347 e. The van der Waals surface area contributed by atoms with Gasteiger partial charge in [-0.15, -0.1) is 0 Å². The van der Waals surface area contributed by atoms with Crippen molar-refractivity contribution in [3.8, 4) is 11.4 Å². The van der Waals surface area contributed by atoms with Crippen molar-refractivity contribution in [3.05, 3.63) is 77.1 Å². The van der Waals surface area contributed by atoms with Crippen molar-refractivity contribution >= 4 is 5.97 Å². The summed E-state index contributed by atoms with van der Waals surface area (Å²) in [7, 11) is 0. The van der Waals surface area contributed by atoms with E-state index in [4.69, 9.17) is 4.74 Å². The van der Waals surface area contributed by atoms with Crippen LogP contribution in [0.4, 0.5) is 0 Å². The van der Waals surface area contributed by atoms with Crippen LogP contribution in [-0.4, -0.2) is 15.7 Å². The number of aryl methyl sites for hydroxylation is 2. The van der Waals surface area contributed by atoms with Crippen molar-refractivity contribution in [2.45, 2.75) is 20.8 Å². The lowest BCUT2D eigenvalue weighted by Crippen LogP contribution is -2.11. The van der Waals surface area contributed by atoms with Crippen LogP contribution in [-0.2, 0) is 0 Å². The molecule has 3 rings (SSSR count). The van der Waals surface area contributed by atoms with E-state index >= 15 is 0 Å². The molecule has 2 aromatic carbocycles. The molecule has 116 valence electrons. The molecule has 0 saturated carbocycles. The molecule has 0 aliphatic rings. The quantitative estimate of drug-likeness (QED) is 0.542. The molecule has 0 aliphatic heterocycles. The van der Waals surface area contributed by atoms with Gasteiger partial charge in [0.15, 0.2) is 0 Å². The van der Waals surface area contributed by atoms with Gasteiger partial charge in [-0.05, 0) is 50.6 Å². The summed E-state index contributed by atoms with van der Waals surface area (Å²) in [5.74, 6) is 0.161. The predicted octanol–water partition coefficient (Wildman–Crippen LogP) is 4.02. The molecule has 1 aromatic heterocycles. The van der Waals surface area contributed by atoms with Crippen LogP contribution in [0.25, 0.3) is 5.69 Å². The molecule has 0 bridgehead atoms. The number of esters is 1. The molecule has 0 amide bonds. The van der Waals surface area contributed by atoms with Crippen molar-refractivity contribution in [3.63, 3.8) is 0 Å². The van der Waals surface area contributed by atoms with E-state index < -0.39 is 0 Å². The van der Waals surface area contributed by atoms with E-state index in [0.29, 0.717) is 17.0 Å². The lowest BCUT2D eigenvalue weighted by molar-refractivity contribution is 0.0733. The number of aromatic nitrogens is 2. The molecular formula is C19H18N2O2. The molecule has 0 aliphatic carbocycles. The van der Waals surface area contributed by atoms with Crippen molar-refractivity contribution in [2.75, 3.05) is 0 Å². The third kappa shape index (κ3) is 3.01. The van der Waals surface area contributed by atoms with Gasteiger partial charge >= 0.3 is 5.97 Å². The van der Waals surface area contributed by atoms with Crippen LogP contribution in [0.3, 0.4) is 0 Å². The minimum Gasteiger partial charge on any atom is -0.423 e. The first-order valence-corrected chi connectivity index (χ1v) is 7.47. The van der Waals surface area contributed by atoms with Crippen LogP contribution < -0.4 is 4.74 Å². The predicted molar refractivity (Wildman–Crippen MR) is 89.2 cm³/mol. The average Bonchev–Trinajstić information content (AvgIpc) is 2.83. The van der Waals surface area contributed by atoms with Gasteiger partial charge in [-0.3, -0.25) is 0 Å². The Bertz CT molecular complexity index is 851. The molecule has 4 nitrogen and oxygen atoms in total. The van der Waals surface area contributed by atoms with Gasteiger partial charge in [0, 0.05) is 0 Å². The molecule has 0 unspecified atom stereocenters. The second-order valence-electron chi connectivity index (χ2n) is 5.50. The molecule has 0 saturated heterocycles. The van der Waals surface area contributed by atoms with Crippen molar-refractivity contribution in [1.29, 1.82) is 0 Å². The number of benzene rings is 2. The zero-order chi connectivity index (χ0) is 16.4. The summed E-state index contributed by atoms with van der Waals surface area (Å²) in [4.78, 5) is 12.5. The highest BCUT2D eigenvalue weighted by Gasteiger charge is 2.21. The molecule has 4 heteroatoms. The third-order valence-electron chi connectivity index (χ3n) is 3.70. The standard InChI is InChI=1S/C19H18N2O2/c1-13-8-7-11-17(12-13)23-19(22)18-14(2)20-21(15(18)3)16-9-5-4-6-10-16/h4-12H,1-3H3. The van der Waals surface area contributed by atoms with E-state index in [2.05, 4.69) is 5.10 Å². The smallest absolute Gasteiger partial charge is 0.347 e. The number of para-hydroxylation sites is 1. The molecule has 1 heterocycles. The monoisotopic (exact) mass is 306 g/mol. The first-order valence-electron chi connectivity index (χ1n) is 7.47. The Morgan fingerprint density at radius 3 is 2.43 bits per heavy atom. The maximum atomic E-state index is 12.5. The fourth-order valence-electron chi connectivity index (χ4n) is 2.60. The summed E-state index contributed by atoms with van der Waals surface area (Å²) in [5.41, 5.74) is 3.90. The molecule has 0 atom stereocenters. The van der Waals surface area contributed by atoms with Gasteiger partial charge in [-0.1, -0.05) is 30.3 Å². The number of carbonyl (C=O) groups excluding carboxylic acids is 1. The van der Waals surface area contributed by atoms with Gasteiger partial charge < -0.3 is 4.74 Å². The van der Waals surface area contributed by atoms with Crippen LogP contribution in [0.5, 0.6) is 5.75 Å². The summed E-state index contributed by atoms with van der Waals surface area (Å²) in [5, 5.41) is 4.48. The first kappa shape index (κ1) is 15.0. The van der Waals surface area contributed by atoms with Gasteiger partial charge in [0.2, 0.25) is 0 Å². The molecule has 23 heavy (non-hydrogen) atoms. The summed E-state index contributed by atoms with van der Waals surface area (Å²) in [6.45, 7) is 5.65. The van der Waals surface area contributed by atoms with Crippen LogP contribution >= 0.6 is 0 Å². The minimum atomic E-state index is -0.382. The highest BCUT2D eigenvalue weighted by molar-refractivity contribution is 5.93. The largest absolute Gasteiger partial charge is 0.423 e. The number of hydrogen-bond acceptors (Lipinski definition) is 3. The highest BCUT2D eigenvalue weighted by Crippen LogP contribution is 2.21. The maximum absolute atomic E-state index is 12.5. The topological polar surface area (TPSA) is 44.1 Å². The van der Waals surface area contributed by atoms with Crippen LogP contribution in [0.2, 0.25) is 0 Å². The zero-order valence-corrected chi connectivity index (χ0v) is 13.4. The number of ether oxygens (including phenoxy) is 1. The molecule has 0 spiro atoms. The van der Waals surface area contributed by atoms with Gasteiger partial charge in [0.05, 0.1) is 17.1 Å². The van der Waals surface area contributed by atoms with Crippen LogP contribution in [0.15, 0.2) is 54.6 Å². The Balaban J connectivity index is 1.94. The van der Waals surface area contributed by atoms with Crippen LogP contribution in [0, 0.1) is 20.8 Å². The fraction of sp³-hybridized carbons (Fsp3) is 0.158. The van der Waals surface area contributed by atoms with Crippen LogP contribution in [0.1, 0.15) is 27.3 Å². The zero-order valence-electron chi connectivity index (χ0n) is 13.4. The van der Waals surface area contributed by atoms with E-state index in [-0.39, 0.29) is 5.97 Å².